The predicted octanol–water partition coefficient (Wildman–Crippen LogP) is 5.46. The number of piperazine rings is 1. The Hall–Kier alpha value is -3.69. The number of fused-ring (bicyclic) bond motifs is 2. The summed E-state index contributed by atoms with van der Waals surface area (Å²) in [5, 5.41) is 8.00. The highest BCUT2D eigenvalue weighted by Crippen LogP contribution is 2.33. The van der Waals surface area contributed by atoms with Gasteiger partial charge in [0.2, 0.25) is 0 Å². The Balaban J connectivity index is 1.07. The summed E-state index contributed by atoms with van der Waals surface area (Å²) in [5.74, 6) is 0.886. The van der Waals surface area contributed by atoms with E-state index in [1.165, 1.54) is 23.3 Å². The monoisotopic (exact) mass is 581 g/mol. The molecule has 8 nitrogen and oxygen atoms in total. The molecule has 0 bridgehead atoms. The van der Waals surface area contributed by atoms with Gasteiger partial charge < -0.3 is 25.3 Å². The standard InChI is InChI=1S/C33H39N7OS/c1-38-14-16-39(17-15-38)26-10-11-31(35-21-26)37-28-20-27(18-24-7-4-12-34-32(24)28)40-13-5-8-25(22-40)36-33(41)30-19-23-6-2-3-9-29(23)42-30/h4,7,10-12,18-21,25H,2-3,5-6,8-9,13-17,22H2,1H3,(H,35,37)(H,36,41)/t25-/m0/s1. The lowest BCUT2D eigenvalue weighted by molar-refractivity contribution is 0.0937. The maximum Gasteiger partial charge on any atom is 0.261 e. The number of anilines is 4. The number of piperidine rings is 1. The lowest BCUT2D eigenvalue weighted by Crippen LogP contribution is -2.47. The summed E-state index contributed by atoms with van der Waals surface area (Å²) in [6.45, 7) is 5.94. The van der Waals surface area contributed by atoms with Crippen molar-refractivity contribution in [2.24, 2.45) is 0 Å². The van der Waals surface area contributed by atoms with Gasteiger partial charge in [0.25, 0.3) is 5.91 Å². The third-order valence-electron chi connectivity index (χ3n) is 8.91. The van der Waals surface area contributed by atoms with Crippen molar-refractivity contribution >= 4 is 51.0 Å². The smallest absolute Gasteiger partial charge is 0.261 e. The summed E-state index contributed by atoms with van der Waals surface area (Å²) in [6, 6.07) is 15.0. The zero-order valence-electron chi connectivity index (χ0n) is 24.3. The van der Waals surface area contributed by atoms with Crippen LogP contribution in [0, 0.1) is 0 Å². The van der Waals surface area contributed by atoms with E-state index in [0.717, 1.165) is 104 Å². The lowest BCUT2D eigenvalue weighted by Gasteiger charge is -2.35. The molecule has 2 aliphatic heterocycles. The Bertz CT molecular complexity index is 1540. The van der Waals surface area contributed by atoms with Crippen LogP contribution in [0.2, 0.25) is 0 Å². The van der Waals surface area contributed by atoms with Gasteiger partial charge in [0.05, 0.1) is 28.0 Å². The van der Waals surface area contributed by atoms with Crippen LogP contribution >= 0.6 is 11.3 Å². The number of nitrogens with one attached hydrogen (secondary N) is 2. The van der Waals surface area contributed by atoms with Gasteiger partial charge in [-0.3, -0.25) is 9.78 Å². The van der Waals surface area contributed by atoms with Crippen LogP contribution in [0.4, 0.5) is 22.9 Å². The number of carbonyl (C=O) groups excluding carboxylic acids is 1. The minimum absolute atomic E-state index is 0.0809. The number of benzene rings is 1. The molecule has 3 aromatic heterocycles. The van der Waals surface area contributed by atoms with Gasteiger partial charge in [0, 0.05) is 67.5 Å². The summed E-state index contributed by atoms with van der Waals surface area (Å²) in [4.78, 5) is 32.1. The van der Waals surface area contributed by atoms with Crippen molar-refractivity contribution in [3.63, 3.8) is 0 Å². The molecule has 2 N–H and O–H groups in total. The highest BCUT2D eigenvalue weighted by molar-refractivity contribution is 7.14. The van der Waals surface area contributed by atoms with Crippen LogP contribution in [-0.4, -0.2) is 73.1 Å². The second-order valence-corrected chi connectivity index (χ2v) is 13.0. The number of pyridine rings is 2. The van der Waals surface area contributed by atoms with E-state index in [1.807, 2.05) is 18.5 Å². The van der Waals surface area contributed by atoms with Gasteiger partial charge in [-0.2, -0.15) is 0 Å². The number of rotatable bonds is 6. The van der Waals surface area contributed by atoms with Gasteiger partial charge in [0.15, 0.2) is 0 Å². The van der Waals surface area contributed by atoms with E-state index in [1.54, 1.807) is 11.3 Å². The highest BCUT2D eigenvalue weighted by Gasteiger charge is 2.25. The van der Waals surface area contributed by atoms with Crippen LogP contribution in [0.5, 0.6) is 0 Å². The number of hydrogen-bond donors (Lipinski definition) is 2. The van der Waals surface area contributed by atoms with Crippen LogP contribution in [0.25, 0.3) is 10.9 Å². The van der Waals surface area contributed by atoms with Gasteiger partial charge in [-0.1, -0.05) is 6.07 Å². The van der Waals surface area contributed by atoms with E-state index in [2.05, 4.69) is 68.8 Å². The van der Waals surface area contributed by atoms with Crippen molar-refractivity contribution in [3.05, 3.63) is 70.2 Å². The first kappa shape index (κ1) is 27.2. The molecule has 1 atom stereocenters. The first-order chi connectivity index (χ1) is 20.6. The van der Waals surface area contributed by atoms with Gasteiger partial charge in [0.1, 0.15) is 5.82 Å². The molecule has 0 saturated carbocycles. The predicted molar refractivity (Wildman–Crippen MR) is 173 cm³/mol. The lowest BCUT2D eigenvalue weighted by atomic mass is 9.99. The molecule has 1 amide bonds. The summed E-state index contributed by atoms with van der Waals surface area (Å²) < 4.78 is 0. The van der Waals surface area contributed by atoms with Crippen molar-refractivity contribution in [3.8, 4) is 0 Å². The summed E-state index contributed by atoms with van der Waals surface area (Å²) in [6.07, 6.45) is 10.5. The molecule has 0 unspecified atom stereocenters. The van der Waals surface area contributed by atoms with Gasteiger partial charge in [-0.15, -0.1) is 11.3 Å². The molecular weight excluding hydrogens is 542 g/mol. The molecule has 1 aliphatic carbocycles. The zero-order valence-corrected chi connectivity index (χ0v) is 25.1. The van der Waals surface area contributed by atoms with E-state index in [0.29, 0.717) is 0 Å². The fourth-order valence-electron chi connectivity index (χ4n) is 6.49. The third kappa shape index (κ3) is 5.80. The Morgan fingerprint density at radius 2 is 1.81 bits per heavy atom. The number of aryl methyl sites for hydroxylation is 2. The van der Waals surface area contributed by atoms with Crippen LogP contribution in [0.3, 0.4) is 0 Å². The van der Waals surface area contributed by atoms with E-state index in [4.69, 9.17) is 9.97 Å². The second-order valence-electron chi connectivity index (χ2n) is 11.9. The van der Waals surface area contributed by atoms with Gasteiger partial charge in [-0.05, 0) is 87.5 Å². The first-order valence-corrected chi connectivity index (χ1v) is 16.1. The molecular formula is C33H39N7OS. The molecule has 42 heavy (non-hydrogen) atoms. The number of likely N-dealkylation sites (N-methyl/N-ethyl adjacent to an activating group) is 1. The van der Waals surface area contributed by atoms with Crippen LogP contribution in [0.1, 0.15) is 45.8 Å². The molecule has 2 saturated heterocycles. The maximum absolute atomic E-state index is 13.2. The van der Waals surface area contributed by atoms with Crippen molar-refractivity contribution in [2.75, 3.05) is 61.4 Å². The van der Waals surface area contributed by atoms with Crippen LogP contribution in [0.15, 0.2) is 54.9 Å². The fraction of sp³-hybridized carbons (Fsp3) is 0.424. The van der Waals surface area contributed by atoms with E-state index in [9.17, 15) is 4.79 Å². The Kier molecular flexibility index (Phi) is 7.69. The third-order valence-corrected chi connectivity index (χ3v) is 10.1. The SMILES string of the molecule is CN1CCN(c2ccc(Nc3cc(N4CCC[C@H](NC(=O)c5cc6c(s5)CCCC6)C4)cc4cccnc34)nc2)CC1. The molecule has 0 radical (unpaired) electrons. The van der Waals surface area contributed by atoms with Gasteiger partial charge >= 0.3 is 0 Å². The number of hydrogen-bond acceptors (Lipinski definition) is 8. The summed E-state index contributed by atoms with van der Waals surface area (Å²) in [7, 11) is 2.17. The number of thiophene rings is 1. The minimum Gasteiger partial charge on any atom is -0.369 e. The molecule has 0 spiro atoms. The molecule has 1 aromatic carbocycles. The van der Waals surface area contributed by atoms with Gasteiger partial charge in [-0.25, -0.2) is 4.98 Å². The highest BCUT2D eigenvalue weighted by atomic mass is 32.1. The second kappa shape index (κ2) is 11.9. The normalized spacial score (nSPS) is 19.5. The summed E-state index contributed by atoms with van der Waals surface area (Å²) >= 11 is 1.69. The van der Waals surface area contributed by atoms with Crippen LogP contribution < -0.4 is 20.4 Å². The Morgan fingerprint density at radius 1 is 0.929 bits per heavy atom. The van der Waals surface area contributed by atoms with E-state index < -0.39 is 0 Å². The molecule has 5 heterocycles. The Labute approximate surface area is 251 Å². The average molecular weight is 582 g/mol. The number of amides is 1. The fourth-order valence-corrected chi connectivity index (χ4v) is 7.65. The topological polar surface area (TPSA) is 76.6 Å². The molecule has 7 rings (SSSR count). The molecule has 4 aromatic rings. The Morgan fingerprint density at radius 3 is 2.64 bits per heavy atom. The van der Waals surface area contributed by atoms with Crippen LogP contribution in [-0.2, 0) is 12.8 Å². The average Bonchev–Trinajstić information content (AvgIpc) is 3.47. The zero-order chi connectivity index (χ0) is 28.5. The quantitative estimate of drug-likeness (QED) is 0.313. The van der Waals surface area contributed by atoms with Crippen molar-refractivity contribution in [1.82, 2.24) is 20.2 Å². The minimum atomic E-state index is 0.0809. The summed E-state index contributed by atoms with van der Waals surface area (Å²) in [5.41, 5.74) is 5.55. The first-order valence-electron chi connectivity index (χ1n) is 15.3. The van der Waals surface area contributed by atoms with E-state index in [-0.39, 0.29) is 11.9 Å². The molecule has 3 aliphatic rings. The van der Waals surface area contributed by atoms with E-state index >= 15 is 0 Å². The van der Waals surface area contributed by atoms with Crippen molar-refractivity contribution < 1.29 is 4.79 Å². The molecule has 2 fully saturated rings. The number of aromatic nitrogens is 2. The number of carbonyl (C=O) groups is 1. The van der Waals surface area contributed by atoms with Crippen molar-refractivity contribution in [1.29, 1.82) is 0 Å². The maximum atomic E-state index is 13.2. The van der Waals surface area contributed by atoms with Crippen molar-refractivity contribution in [2.45, 2.75) is 44.6 Å². The molecule has 9 heteroatoms. The number of nitrogens with zero attached hydrogens (tertiary/aromatic N) is 5. The largest absolute Gasteiger partial charge is 0.369 e. The molecule has 218 valence electrons.